The van der Waals surface area contributed by atoms with Gasteiger partial charge in [-0.2, -0.15) is 13.2 Å². The Kier molecular flexibility index (Phi) is 5.18. The van der Waals surface area contributed by atoms with Crippen molar-refractivity contribution in [2.75, 3.05) is 5.32 Å². The highest BCUT2D eigenvalue weighted by molar-refractivity contribution is 7.99. The largest absolute Gasteiger partial charge is 0.468 e. The molecule has 2 rings (SSSR count). The molecule has 7 heteroatoms. The van der Waals surface area contributed by atoms with Gasteiger partial charge in [-0.3, -0.25) is 4.79 Å². The summed E-state index contributed by atoms with van der Waals surface area (Å²) in [7, 11) is 0. The van der Waals surface area contributed by atoms with E-state index in [4.69, 9.17) is 4.42 Å². The van der Waals surface area contributed by atoms with Crippen LogP contribution in [-0.4, -0.2) is 11.2 Å². The molecule has 118 valence electrons. The maximum absolute atomic E-state index is 12.6. The van der Waals surface area contributed by atoms with Crippen molar-refractivity contribution in [3.63, 3.8) is 0 Å². The average molecular weight is 329 g/mol. The molecule has 1 aromatic heterocycles. The van der Waals surface area contributed by atoms with Gasteiger partial charge in [0.1, 0.15) is 5.76 Å². The van der Waals surface area contributed by atoms with E-state index in [0.29, 0.717) is 5.75 Å². The summed E-state index contributed by atoms with van der Waals surface area (Å²) in [5.41, 5.74) is -0.661. The van der Waals surface area contributed by atoms with E-state index < -0.39 is 17.0 Å². The van der Waals surface area contributed by atoms with Gasteiger partial charge in [0.2, 0.25) is 5.91 Å². The van der Waals surface area contributed by atoms with Gasteiger partial charge < -0.3 is 9.73 Å². The van der Waals surface area contributed by atoms with Crippen molar-refractivity contribution in [2.24, 2.45) is 0 Å². The molecule has 0 aliphatic heterocycles. The molecule has 3 nitrogen and oxygen atoms in total. The molecule has 1 atom stereocenters. The molecule has 1 unspecified atom stereocenters. The minimum Gasteiger partial charge on any atom is -0.468 e. The molecule has 22 heavy (non-hydrogen) atoms. The Morgan fingerprint density at radius 1 is 1.32 bits per heavy atom. The predicted octanol–water partition coefficient (Wildman–Crippen LogP) is 4.56. The number of hydrogen-bond donors (Lipinski definition) is 1. The van der Waals surface area contributed by atoms with Crippen molar-refractivity contribution in [3.8, 4) is 0 Å². The van der Waals surface area contributed by atoms with Gasteiger partial charge in [0.15, 0.2) is 0 Å². The molecule has 1 heterocycles. The summed E-state index contributed by atoms with van der Waals surface area (Å²) in [6.45, 7) is 1.69. The number of furan rings is 1. The molecule has 0 saturated heterocycles. The maximum atomic E-state index is 12.6. The van der Waals surface area contributed by atoms with Crippen molar-refractivity contribution < 1.29 is 22.4 Å². The molecule has 0 fully saturated rings. The van der Waals surface area contributed by atoms with Crippen molar-refractivity contribution in [2.45, 2.75) is 24.1 Å². The summed E-state index contributed by atoms with van der Waals surface area (Å²) in [6, 6.07) is 8.12. The third-order valence-electron chi connectivity index (χ3n) is 2.88. The molecule has 0 radical (unpaired) electrons. The fourth-order valence-electron chi connectivity index (χ4n) is 1.69. The van der Waals surface area contributed by atoms with E-state index in [1.165, 1.54) is 23.9 Å². The van der Waals surface area contributed by atoms with Gasteiger partial charge in [-0.05, 0) is 37.3 Å². The van der Waals surface area contributed by atoms with Gasteiger partial charge in [-0.25, -0.2) is 0 Å². The first kappa shape index (κ1) is 16.5. The fraction of sp³-hybridized carbons (Fsp3) is 0.267. The molecule has 0 aliphatic carbocycles. The van der Waals surface area contributed by atoms with Crippen molar-refractivity contribution >= 4 is 23.4 Å². The smallest absolute Gasteiger partial charge is 0.416 e. The maximum Gasteiger partial charge on any atom is 0.416 e. The number of benzene rings is 1. The zero-order valence-corrected chi connectivity index (χ0v) is 12.5. The monoisotopic (exact) mass is 329 g/mol. The number of alkyl halides is 3. The van der Waals surface area contributed by atoms with Crippen LogP contribution in [0.25, 0.3) is 0 Å². The lowest BCUT2D eigenvalue weighted by Crippen LogP contribution is -2.22. The average Bonchev–Trinajstić information content (AvgIpc) is 2.97. The van der Waals surface area contributed by atoms with E-state index in [1.54, 1.807) is 25.3 Å². The highest BCUT2D eigenvalue weighted by atomic mass is 32.2. The molecule has 1 aromatic carbocycles. The van der Waals surface area contributed by atoms with E-state index in [1.807, 2.05) is 0 Å². The number of carbonyl (C=O) groups excluding carboxylic acids is 1. The number of halogens is 3. The van der Waals surface area contributed by atoms with Crippen LogP contribution in [0.5, 0.6) is 0 Å². The Morgan fingerprint density at radius 2 is 2.09 bits per heavy atom. The number of carbonyl (C=O) groups is 1. The summed E-state index contributed by atoms with van der Waals surface area (Å²) in [5, 5.41) is 2.08. The van der Waals surface area contributed by atoms with E-state index >= 15 is 0 Å². The van der Waals surface area contributed by atoms with Gasteiger partial charge >= 0.3 is 6.18 Å². The van der Waals surface area contributed by atoms with Gasteiger partial charge in [0.05, 0.1) is 22.8 Å². The van der Waals surface area contributed by atoms with Crippen molar-refractivity contribution in [3.05, 3.63) is 54.0 Å². The molecule has 0 aliphatic rings. The van der Waals surface area contributed by atoms with Crippen LogP contribution >= 0.6 is 11.8 Å². The molecule has 0 spiro atoms. The van der Waals surface area contributed by atoms with Crippen LogP contribution in [0.2, 0.25) is 0 Å². The second kappa shape index (κ2) is 6.91. The van der Waals surface area contributed by atoms with Crippen LogP contribution in [-0.2, 0) is 16.7 Å². The Bertz CT molecular complexity index is 626. The molecule has 1 amide bonds. The molecular formula is C15H14F3NO2S. The topological polar surface area (TPSA) is 42.2 Å². The first-order valence-electron chi connectivity index (χ1n) is 6.48. The zero-order valence-electron chi connectivity index (χ0n) is 11.7. The zero-order chi connectivity index (χ0) is 16.2. The number of thioether (sulfide) groups is 1. The Labute approximate surface area is 129 Å². The highest BCUT2D eigenvalue weighted by Gasteiger charge is 2.30. The Hall–Kier alpha value is -1.89. The summed E-state index contributed by atoms with van der Waals surface area (Å²) in [6.07, 6.45) is -2.89. The second-order valence-electron chi connectivity index (χ2n) is 4.60. The summed E-state index contributed by atoms with van der Waals surface area (Å²) < 4.78 is 43.0. The lowest BCUT2D eigenvalue weighted by Gasteiger charge is -2.13. The summed E-state index contributed by atoms with van der Waals surface area (Å²) in [4.78, 5) is 12.0. The lowest BCUT2D eigenvalue weighted by atomic mass is 10.2. The highest BCUT2D eigenvalue weighted by Crippen LogP contribution is 2.30. The molecular weight excluding hydrogens is 315 g/mol. The molecule has 0 saturated carbocycles. The number of anilines is 1. The van der Waals surface area contributed by atoms with Crippen molar-refractivity contribution in [1.29, 1.82) is 0 Å². The number of nitrogens with one attached hydrogen (secondary N) is 1. The van der Waals surface area contributed by atoms with E-state index in [9.17, 15) is 18.0 Å². The molecule has 1 N–H and O–H groups in total. The third kappa shape index (κ3) is 4.56. The first-order valence-corrected chi connectivity index (χ1v) is 7.53. The first-order chi connectivity index (χ1) is 10.4. The van der Waals surface area contributed by atoms with E-state index in [2.05, 4.69) is 5.32 Å². The van der Waals surface area contributed by atoms with Crippen molar-refractivity contribution in [1.82, 2.24) is 0 Å². The molecule has 0 bridgehead atoms. The van der Waals surface area contributed by atoms with Crippen LogP contribution < -0.4 is 5.32 Å². The number of hydrogen-bond acceptors (Lipinski definition) is 3. The van der Waals surface area contributed by atoms with Crippen LogP contribution in [0, 0.1) is 0 Å². The normalized spacial score (nSPS) is 12.9. The third-order valence-corrected chi connectivity index (χ3v) is 4.05. The Balaban J connectivity index is 1.93. The van der Waals surface area contributed by atoms with Crippen LogP contribution in [0.1, 0.15) is 18.2 Å². The standard InChI is InChI=1S/C15H14F3NO2S/c1-10(22-9-13-6-3-7-21-13)14(20)19-12-5-2-4-11(8-12)15(16,17)18/h2-8,10H,9H2,1H3,(H,19,20). The van der Waals surface area contributed by atoms with Gasteiger partial charge in [0, 0.05) is 5.69 Å². The Morgan fingerprint density at radius 3 is 2.73 bits per heavy atom. The van der Waals surface area contributed by atoms with Gasteiger partial charge in [-0.15, -0.1) is 11.8 Å². The number of rotatable bonds is 5. The van der Waals surface area contributed by atoms with Gasteiger partial charge in [-0.1, -0.05) is 6.07 Å². The van der Waals surface area contributed by atoms with E-state index in [0.717, 1.165) is 17.9 Å². The van der Waals surface area contributed by atoms with Gasteiger partial charge in [0.25, 0.3) is 0 Å². The summed E-state index contributed by atoms with van der Waals surface area (Å²) >= 11 is 1.34. The quantitative estimate of drug-likeness (QED) is 0.874. The lowest BCUT2D eigenvalue weighted by molar-refractivity contribution is -0.137. The number of amides is 1. The fourth-order valence-corrected chi connectivity index (χ4v) is 2.48. The minimum absolute atomic E-state index is 0.130. The van der Waals surface area contributed by atoms with E-state index in [-0.39, 0.29) is 11.6 Å². The van der Waals surface area contributed by atoms with Crippen LogP contribution in [0.15, 0.2) is 47.1 Å². The van der Waals surface area contributed by atoms with Crippen LogP contribution in [0.4, 0.5) is 18.9 Å². The summed E-state index contributed by atoms with van der Waals surface area (Å²) in [5.74, 6) is 0.907. The second-order valence-corrected chi connectivity index (χ2v) is 5.93. The molecule has 2 aromatic rings. The predicted molar refractivity (Wildman–Crippen MR) is 79.5 cm³/mol. The SMILES string of the molecule is CC(SCc1ccco1)C(=O)Nc1cccc(C(F)(F)F)c1. The van der Waals surface area contributed by atoms with Crippen LogP contribution in [0.3, 0.4) is 0 Å². The minimum atomic E-state index is -4.43.